The van der Waals surface area contributed by atoms with Crippen LogP contribution in [0.1, 0.15) is 46.0 Å². The van der Waals surface area contributed by atoms with Gasteiger partial charge in [-0.05, 0) is 100 Å². The Kier molecular flexibility index (Phi) is 7.36. The Morgan fingerprint density at radius 3 is 2.32 bits per heavy atom. The highest BCUT2D eigenvalue weighted by molar-refractivity contribution is 5.98. The number of fused-ring (bicyclic) bond motifs is 1. The second-order valence-corrected chi connectivity index (χ2v) is 13.3. The molecular formula is C32H44N6O3. The summed E-state index contributed by atoms with van der Waals surface area (Å²) >= 11 is 0. The Morgan fingerprint density at radius 2 is 1.66 bits per heavy atom. The fourth-order valence-electron chi connectivity index (χ4n) is 8.05. The number of carbonyl (C=O) groups is 2. The standard InChI is InChI=1S/C32H44N6O3/c1-31(2,20-39)35-12-11-34-24-7-9-25(10-8-24)37-13-14-38(27-6-4-3-5-26(27)37)30(41)36-28-22-15-21-16-23(28)19-32(17-21,18-22)29(33)40/h3-10,21-23,28,34-35,39H,11-20H2,1-2H3,(H2,33,40)(H,36,41). The van der Waals surface area contributed by atoms with Crippen LogP contribution >= 0.6 is 0 Å². The van der Waals surface area contributed by atoms with Gasteiger partial charge in [-0.1, -0.05) is 12.1 Å². The van der Waals surface area contributed by atoms with Crippen LogP contribution in [0.25, 0.3) is 0 Å². The van der Waals surface area contributed by atoms with Crippen LogP contribution in [-0.2, 0) is 4.79 Å². The van der Waals surface area contributed by atoms with Crippen LogP contribution in [0.3, 0.4) is 0 Å². The highest BCUT2D eigenvalue weighted by atomic mass is 16.3. The second kappa shape index (κ2) is 10.8. The Bertz CT molecular complexity index is 1260. The van der Waals surface area contributed by atoms with Crippen LogP contribution in [0.2, 0.25) is 0 Å². The zero-order valence-electron chi connectivity index (χ0n) is 24.2. The van der Waals surface area contributed by atoms with E-state index < -0.39 is 0 Å². The van der Waals surface area contributed by atoms with E-state index in [0.29, 0.717) is 30.8 Å². The zero-order chi connectivity index (χ0) is 28.8. The molecule has 2 unspecified atom stereocenters. The molecule has 9 nitrogen and oxygen atoms in total. The molecule has 1 aliphatic heterocycles. The summed E-state index contributed by atoms with van der Waals surface area (Å²) in [6.07, 6.45) is 4.73. The number of carbonyl (C=O) groups excluding carboxylic acids is 2. The molecule has 0 aromatic heterocycles. The third-order valence-electron chi connectivity index (χ3n) is 9.97. The number of aliphatic hydroxyl groups is 1. The van der Waals surface area contributed by atoms with Gasteiger partial charge in [0.05, 0.1) is 18.0 Å². The minimum absolute atomic E-state index is 0.0415. The van der Waals surface area contributed by atoms with Crippen molar-refractivity contribution < 1.29 is 14.7 Å². The molecule has 6 N–H and O–H groups in total. The lowest BCUT2D eigenvalue weighted by molar-refractivity contribution is -0.145. The normalized spacial score (nSPS) is 28.4. The van der Waals surface area contributed by atoms with E-state index in [0.717, 1.165) is 67.9 Å². The van der Waals surface area contributed by atoms with Gasteiger partial charge >= 0.3 is 6.03 Å². The van der Waals surface area contributed by atoms with Gasteiger partial charge in [0.15, 0.2) is 0 Å². The van der Waals surface area contributed by atoms with E-state index in [1.165, 1.54) is 0 Å². The minimum Gasteiger partial charge on any atom is -0.394 e. The number of aliphatic hydroxyl groups excluding tert-OH is 1. The summed E-state index contributed by atoms with van der Waals surface area (Å²) in [5.74, 6) is 1.08. The quantitative estimate of drug-likeness (QED) is 0.297. The lowest BCUT2D eigenvalue weighted by Crippen LogP contribution is -2.63. The molecule has 4 fully saturated rings. The van der Waals surface area contributed by atoms with Gasteiger partial charge in [0, 0.05) is 54.5 Å². The van der Waals surface area contributed by atoms with Crippen LogP contribution in [0.4, 0.5) is 27.5 Å². The SMILES string of the molecule is CC(C)(CO)NCCNc1ccc(N2CCN(C(=O)NC3C4CC5CC3CC(C(N)=O)(C5)C4)c3ccccc32)cc1. The van der Waals surface area contributed by atoms with Gasteiger partial charge in [-0.25, -0.2) is 4.79 Å². The first-order valence-corrected chi connectivity index (χ1v) is 15.1. The van der Waals surface area contributed by atoms with E-state index in [2.05, 4.69) is 51.2 Å². The van der Waals surface area contributed by atoms with E-state index >= 15 is 0 Å². The number of urea groups is 1. The molecule has 41 heavy (non-hydrogen) atoms. The maximum Gasteiger partial charge on any atom is 0.322 e. The number of para-hydroxylation sites is 2. The van der Waals surface area contributed by atoms with Crippen molar-refractivity contribution in [1.29, 1.82) is 0 Å². The monoisotopic (exact) mass is 560 g/mol. The van der Waals surface area contributed by atoms with Crippen molar-refractivity contribution in [3.63, 3.8) is 0 Å². The molecule has 0 saturated heterocycles. The maximum atomic E-state index is 13.7. The number of primary amides is 1. The van der Waals surface area contributed by atoms with Crippen LogP contribution in [-0.4, -0.2) is 61.4 Å². The average molecular weight is 561 g/mol. The highest BCUT2D eigenvalue weighted by Gasteiger charge is 2.58. The minimum atomic E-state index is -0.352. The van der Waals surface area contributed by atoms with Gasteiger partial charge in [-0.3, -0.25) is 9.69 Å². The van der Waals surface area contributed by atoms with Gasteiger partial charge in [-0.2, -0.15) is 0 Å². The van der Waals surface area contributed by atoms with Gasteiger partial charge in [0.2, 0.25) is 5.91 Å². The summed E-state index contributed by atoms with van der Waals surface area (Å²) in [5, 5.41) is 19.6. The fraction of sp³-hybridized carbons (Fsp3) is 0.562. The molecule has 1 heterocycles. The first kappa shape index (κ1) is 27.8. The number of benzene rings is 2. The Morgan fingerprint density at radius 1 is 0.976 bits per heavy atom. The molecule has 9 heteroatoms. The summed E-state index contributed by atoms with van der Waals surface area (Å²) in [6, 6.07) is 16.6. The summed E-state index contributed by atoms with van der Waals surface area (Å²) in [4.78, 5) is 30.2. The molecule has 0 radical (unpaired) electrons. The Hall–Kier alpha value is -3.30. The number of rotatable bonds is 9. The highest BCUT2D eigenvalue weighted by Crippen LogP contribution is 2.60. The number of hydrogen-bond acceptors (Lipinski definition) is 6. The van der Waals surface area contributed by atoms with Crippen molar-refractivity contribution in [2.24, 2.45) is 28.9 Å². The van der Waals surface area contributed by atoms with E-state index in [1.807, 2.05) is 36.9 Å². The molecule has 2 atom stereocenters. The molecule has 0 spiro atoms. The van der Waals surface area contributed by atoms with Crippen LogP contribution in [0.5, 0.6) is 0 Å². The smallest absolute Gasteiger partial charge is 0.322 e. The van der Waals surface area contributed by atoms with Gasteiger partial charge in [0.25, 0.3) is 0 Å². The third kappa shape index (κ3) is 5.37. The fourth-order valence-corrected chi connectivity index (χ4v) is 8.05. The first-order chi connectivity index (χ1) is 19.7. The van der Waals surface area contributed by atoms with E-state index in [4.69, 9.17) is 5.73 Å². The molecular weight excluding hydrogens is 516 g/mol. The molecule has 4 saturated carbocycles. The average Bonchev–Trinajstić information content (AvgIpc) is 2.96. The first-order valence-electron chi connectivity index (χ1n) is 15.1. The van der Waals surface area contributed by atoms with Crippen LogP contribution < -0.4 is 31.5 Å². The van der Waals surface area contributed by atoms with Crippen molar-refractivity contribution in [3.8, 4) is 0 Å². The number of anilines is 4. The second-order valence-electron chi connectivity index (χ2n) is 13.3. The number of amides is 3. The van der Waals surface area contributed by atoms with Gasteiger partial charge in [-0.15, -0.1) is 0 Å². The summed E-state index contributed by atoms with van der Waals surface area (Å²) in [6.45, 7) is 6.84. The van der Waals surface area contributed by atoms with Crippen LogP contribution in [0.15, 0.2) is 48.5 Å². The van der Waals surface area contributed by atoms with E-state index in [-0.39, 0.29) is 35.5 Å². The number of nitrogens with one attached hydrogen (secondary N) is 3. The molecule has 2 aromatic rings. The van der Waals surface area contributed by atoms with Crippen molar-refractivity contribution in [3.05, 3.63) is 48.5 Å². The Labute approximate surface area is 242 Å². The number of hydrogen-bond donors (Lipinski definition) is 5. The molecule has 4 bridgehead atoms. The molecule has 4 aliphatic carbocycles. The topological polar surface area (TPSA) is 123 Å². The van der Waals surface area contributed by atoms with Crippen molar-refractivity contribution in [1.82, 2.24) is 10.6 Å². The van der Waals surface area contributed by atoms with Gasteiger partial charge in [0.1, 0.15) is 0 Å². The van der Waals surface area contributed by atoms with Crippen molar-refractivity contribution in [2.75, 3.05) is 47.9 Å². The predicted octanol–water partition coefficient (Wildman–Crippen LogP) is 3.81. The molecule has 3 amide bonds. The lowest BCUT2D eigenvalue weighted by atomic mass is 9.47. The van der Waals surface area contributed by atoms with E-state index in [9.17, 15) is 14.7 Å². The summed E-state index contributed by atoms with van der Waals surface area (Å²) in [5.41, 5.74) is 9.28. The molecule has 7 rings (SSSR count). The Balaban J connectivity index is 1.11. The molecule has 5 aliphatic rings. The van der Waals surface area contributed by atoms with E-state index in [1.54, 1.807) is 0 Å². The summed E-state index contributed by atoms with van der Waals surface area (Å²) < 4.78 is 0. The summed E-state index contributed by atoms with van der Waals surface area (Å²) in [7, 11) is 0. The van der Waals surface area contributed by atoms with Gasteiger partial charge < -0.3 is 31.7 Å². The third-order valence-corrected chi connectivity index (χ3v) is 9.97. The number of nitrogens with zero attached hydrogens (tertiary/aromatic N) is 2. The molecule has 2 aromatic carbocycles. The number of nitrogens with two attached hydrogens (primary N) is 1. The predicted molar refractivity (Wildman–Crippen MR) is 162 cm³/mol. The van der Waals surface area contributed by atoms with Crippen molar-refractivity contribution >= 4 is 34.7 Å². The maximum absolute atomic E-state index is 13.7. The zero-order valence-corrected chi connectivity index (χ0v) is 24.2. The largest absolute Gasteiger partial charge is 0.394 e. The van der Waals surface area contributed by atoms with Crippen LogP contribution in [0, 0.1) is 23.2 Å². The molecule has 220 valence electrons. The van der Waals surface area contributed by atoms with Crippen molar-refractivity contribution in [2.45, 2.75) is 57.5 Å². The lowest BCUT2D eigenvalue weighted by Gasteiger charge is -2.59.